The van der Waals surface area contributed by atoms with Gasteiger partial charge < -0.3 is 14.2 Å². The molecule has 0 aliphatic carbocycles. The minimum Gasteiger partial charge on any atom is -0.493 e. The lowest BCUT2D eigenvalue weighted by Gasteiger charge is -2.20. The topological polar surface area (TPSA) is 27.7 Å². The number of rotatable bonds is 1. The van der Waals surface area contributed by atoms with Gasteiger partial charge in [0.25, 0.3) is 0 Å². The van der Waals surface area contributed by atoms with Crippen molar-refractivity contribution in [3.63, 3.8) is 0 Å². The second-order valence-electron chi connectivity index (χ2n) is 5.50. The third-order valence-corrected chi connectivity index (χ3v) is 3.87. The number of hydrogen-bond acceptors (Lipinski definition) is 3. The molecule has 3 nitrogen and oxygen atoms in total. The summed E-state index contributed by atoms with van der Waals surface area (Å²) in [6, 6.07) is 12.4. The lowest BCUT2D eigenvalue weighted by atomic mass is 10.1. The predicted octanol–water partition coefficient (Wildman–Crippen LogP) is 3.95. The van der Waals surface area contributed by atoms with Crippen LogP contribution in [0, 0.1) is 6.92 Å². The molecule has 0 amide bonds. The molecule has 0 saturated carbocycles. The monoisotopic (exact) mass is 298 g/mol. The Kier molecular flexibility index (Phi) is 4.52. The number of ether oxygens (including phenoxy) is 3. The molecule has 0 saturated heterocycles. The molecule has 0 unspecified atom stereocenters. The van der Waals surface area contributed by atoms with E-state index >= 15 is 0 Å². The molecular weight excluding hydrogens is 276 g/mol. The Morgan fingerprint density at radius 1 is 0.909 bits per heavy atom. The Morgan fingerprint density at radius 2 is 1.73 bits per heavy atom. The summed E-state index contributed by atoms with van der Waals surface area (Å²) < 4.78 is 16.3. The molecule has 0 atom stereocenters. The van der Waals surface area contributed by atoms with E-state index in [-0.39, 0.29) is 0 Å². The van der Waals surface area contributed by atoms with Crippen molar-refractivity contribution in [2.45, 2.75) is 26.7 Å². The van der Waals surface area contributed by atoms with E-state index in [2.05, 4.69) is 38.1 Å². The molecule has 0 fully saturated rings. The highest BCUT2D eigenvalue weighted by Gasteiger charge is 2.13. The largest absolute Gasteiger partial charge is 0.493 e. The highest BCUT2D eigenvalue weighted by atomic mass is 16.6. The van der Waals surface area contributed by atoms with Gasteiger partial charge in [0.1, 0.15) is 19.0 Å². The molecule has 0 N–H and O–H groups in total. The van der Waals surface area contributed by atoms with E-state index in [4.69, 9.17) is 14.2 Å². The summed E-state index contributed by atoms with van der Waals surface area (Å²) in [4.78, 5) is 0. The first kappa shape index (κ1) is 14.8. The van der Waals surface area contributed by atoms with Crippen LogP contribution in [0.4, 0.5) is 0 Å². The second-order valence-corrected chi connectivity index (χ2v) is 5.50. The molecule has 3 heteroatoms. The van der Waals surface area contributed by atoms with E-state index in [1.807, 2.05) is 12.1 Å². The highest BCUT2D eigenvalue weighted by molar-refractivity contribution is 5.47. The van der Waals surface area contributed by atoms with E-state index in [0.717, 1.165) is 36.7 Å². The van der Waals surface area contributed by atoms with Crippen LogP contribution in [-0.2, 0) is 12.8 Å². The summed E-state index contributed by atoms with van der Waals surface area (Å²) in [6.07, 6.45) is 2.07. The Bertz CT molecular complexity index is 635. The van der Waals surface area contributed by atoms with E-state index in [9.17, 15) is 0 Å². The van der Waals surface area contributed by atoms with Crippen LogP contribution in [0.1, 0.15) is 23.6 Å². The molecule has 0 spiro atoms. The van der Waals surface area contributed by atoms with Crippen molar-refractivity contribution in [3.8, 4) is 17.2 Å². The lowest BCUT2D eigenvalue weighted by molar-refractivity contribution is 0.170. The van der Waals surface area contributed by atoms with Gasteiger partial charge in [-0.1, -0.05) is 36.8 Å². The van der Waals surface area contributed by atoms with Gasteiger partial charge in [0, 0.05) is 6.42 Å². The molecule has 2 aliphatic heterocycles. The molecule has 4 rings (SSSR count). The third kappa shape index (κ3) is 3.19. The number of benzene rings is 2. The maximum atomic E-state index is 5.52. The van der Waals surface area contributed by atoms with Gasteiger partial charge in [0.15, 0.2) is 11.5 Å². The van der Waals surface area contributed by atoms with Gasteiger partial charge in [-0.05, 0) is 36.6 Å². The van der Waals surface area contributed by atoms with Crippen molar-refractivity contribution >= 4 is 0 Å². The molecule has 116 valence electrons. The summed E-state index contributed by atoms with van der Waals surface area (Å²) >= 11 is 0. The molecular formula is C19H22O3. The van der Waals surface area contributed by atoms with Crippen LogP contribution >= 0.6 is 0 Å². The summed E-state index contributed by atoms with van der Waals surface area (Å²) in [5.74, 6) is 2.90. The maximum Gasteiger partial charge on any atom is 0.164 e. The summed E-state index contributed by atoms with van der Waals surface area (Å²) in [5.41, 5.74) is 3.91. The van der Waals surface area contributed by atoms with Crippen molar-refractivity contribution in [2.24, 2.45) is 0 Å². The molecule has 2 aliphatic rings. The van der Waals surface area contributed by atoms with Gasteiger partial charge >= 0.3 is 0 Å². The van der Waals surface area contributed by atoms with Crippen LogP contribution in [0.25, 0.3) is 0 Å². The molecule has 0 aromatic heterocycles. The van der Waals surface area contributed by atoms with Gasteiger partial charge in [-0.3, -0.25) is 0 Å². The van der Waals surface area contributed by atoms with Crippen molar-refractivity contribution in [1.82, 2.24) is 0 Å². The Labute approximate surface area is 131 Å². The van der Waals surface area contributed by atoms with Crippen LogP contribution in [0.2, 0.25) is 0 Å². The summed E-state index contributed by atoms with van der Waals surface area (Å²) in [5, 5.41) is 0. The van der Waals surface area contributed by atoms with Gasteiger partial charge in [0.05, 0.1) is 6.61 Å². The van der Waals surface area contributed by atoms with E-state index < -0.39 is 0 Å². The molecule has 0 bridgehead atoms. The fourth-order valence-electron chi connectivity index (χ4n) is 2.73. The van der Waals surface area contributed by atoms with Crippen LogP contribution in [-0.4, -0.2) is 19.8 Å². The average molecular weight is 298 g/mol. The summed E-state index contributed by atoms with van der Waals surface area (Å²) in [6.45, 7) is 6.43. The van der Waals surface area contributed by atoms with Crippen LogP contribution in [0.3, 0.4) is 0 Å². The van der Waals surface area contributed by atoms with Gasteiger partial charge in [-0.2, -0.15) is 0 Å². The normalized spacial score (nSPS) is 14.5. The molecule has 0 radical (unpaired) electrons. The summed E-state index contributed by atoms with van der Waals surface area (Å²) in [7, 11) is 0. The second kappa shape index (κ2) is 6.73. The van der Waals surface area contributed by atoms with Crippen molar-refractivity contribution in [2.75, 3.05) is 19.8 Å². The zero-order valence-corrected chi connectivity index (χ0v) is 13.2. The zero-order chi connectivity index (χ0) is 15.4. The number of aryl methyl sites for hydroxylation is 2. The molecule has 2 heterocycles. The minimum absolute atomic E-state index is 0.667. The van der Waals surface area contributed by atoms with E-state index in [0.29, 0.717) is 13.2 Å². The van der Waals surface area contributed by atoms with Crippen LogP contribution in [0.15, 0.2) is 36.4 Å². The molecule has 2 aromatic carbocycles. The highest BCUT2D eigenvalue weighted by Crippen LogP contribution is 2.33. The quantitative estimate of drug-likeness (QED) is 0.798. The van der Waals surface area contributed by atoms with Crippen LogP contribution in [0.5, 0.6) is 17.2 Å². The van der Waals surface area contributed by atoms with E-state index in [1.165, 1.54) is 16.7 Å². The number of hydrogen-bond donors (Lipinski definition) is 0. The Hall–Kier alpha value is -2.16. The smallest absolute Gasteiger partial charge is 0.164 e. The standard InChI is InChI=1S/C10H12O2.C9H10O/c1-2-8-4-3-5-9-10(8)12-7-6-11-9;1-7-2-3-9-8(6-7)4-5-10-9/h3-5H,2,6-7H2,1H3;2-3,6H,4-5H2,1H3. The van der Waals surface area contributed by atoms with Gasteiger partial charge in [-0.25, -0.2) is 0 Å². The van der Waals surface area contributed by atoms with Crippen molar-refractivity contribution < 1.29 is 14.2 Å². The Morgan fingerprint density at radius 3 is 2.59 bits per heavy atom. The fourth-order valence-corrected chi connectivity index (χ4v) is 2.73. The minimum atomic E-state index is 0.667. The lowest BCUT2D eigenvalue weighted by Crippen LogP contribution is -2.16. The SMILES string of the molecule is CCc1cccc2c1OCCO2.Cc1ccc2c(c1)CCO2. The third-order valence-electron chi connectivity index (χ3n) is 3.87. The van der Waals surface area contributed by atoms with E-state index in [1.54, 1.807) is 0 Å². The first-order chi connectivity index (χ1) is 10.8. The number of fused-ring (bicyclic) bond motifs is 2. The average Bonchev–Trinajstić information content (AvgIpc) is 3.02. The molecule has 2 aromatic rings. The van der Waals surface area contributed by atoms with Crippen molar-refractivity contribution in [1.29, 1.82) is 0 Å². The fraction of sp³-hybridized carbons (Fsp3) is 0.368. The van der Waals surface area contributed by atoms with Gasteiger partial charge in [-0.15, -0.1) is 0 Å². The van der Waals surface area contributed by atoms with Gasteiger partial charge in [0.2, 0.25) is 0 Å². The van der Waals surface area contributed by atoms with Crippen molar-refractivity contribution in [3.05, 3.63) is 53.1 Å². The first-order valence-electron chi connectivity index (χ1n) is 7.87. The maximum absolute atomic E-state index is 5.52. The predicted molar refractivity (Wildman–Crippen MR) is 87.2 cm³/mol. The Balaban J connectivity index is 0.000000133. The zero-order valence-electron chi connectivity index (χ0n) is 13.2. The molecule has 22 heavy (non-hydrogen) atoms. The van der Waals surface area contributed by atoms with Crippen LogP contribution < -0.4 is 14.2 Å². The first-order valence-corrected chi connectivity index (χ1v) is 7.87. The number of para-hydroxylation sites is 1.